The van der Waals surface area contributed by atoms with E-state index in [-0.39, 0.29) is 17.7 Å². The number of halogens is 1. The van der Waals surface area contributed by atoms with Crippen LogP contribution in [0.5, 0.6) is 0 Å². The van der Waals surface area contributed by atoms with Gasteiger partial charge in [0.05, 0.1) is 5.56 Å². The minimum Gasteiger partial charge on any atom is -0.337 e. The summed E-state index contributed by atoms with van der Waals surface area (Å²) in [5.41, 5.74) is 1.53. The number of nitrogens with one attached hydrogen (secondary N) is 1. The van der Waals surface area contributed by atoms with Gasteiger partial charge in [0.15, 0.2) is 0 Å². The van der Waals surface area contributed by atoms with Gasteiger partial charge in [0.1, 0.15) is 11.9 Å². The van der Waals surface area contributed by atoms with Gasteiger partial charge >= 0.3 is 0 Å². The van der Waals surface area contributed by atoms with Gasteiger partial charge in [0.25, 0.3) is 0 Å². The van der Waals surface area contributed by atoms with Crippen LogP contribution in [-0.2, 0) is 6.42 Å². The monoisotopic (exact) mass is 301 g/mol. The fourth-order valence-corrected chi connectivity index (χ4v) is 3.50. The van der Waals surface area contributed by atoms with Crippen LogP contribution in [0.15, 0.2) is 40.2 Å². The number of hydrogen-bond donors (Lipinski definition) is 1. The summed E-state index contributed by atoms with van der Waals surface area (Å²) in [6.07, 6.45) is 1.01. The molecule has 0 aliphatic carbocycles. The quantitative estimate of drug-likeness (QED) is 0.790. The van der Waals surface area contributed by atoms with Gasteiger partial charge < -0.3 is 9.84 Å². The van der Waals surface area contributed by atoms with Gasteiger partial charge in [-0.15, -0.1) is 11.3 Å². The molecular formula is C15H12FN3OS. The van der Waals surface area contributed by atoms with Crippen LogP contribution < -0.4 is 5.32 Å². The van der Waals surface area contributed by atoms with Crippen molar-refractivity contribution in [2.75, 3.05) is 6.54 Å². The van der Waals surface area contributed by atoms with E-state index in [4.69, 9.17) is 4.52 Å². The molecule has 3 heterocycles. The lowest BCUT2D eigenvalue weighted by Gasteiger charge is -2.20. The van der Waals surface area contributed by atoms with E-state index in [0.717, 1.165) is 13.0 Å². The Bertz CT molecular complexity index is 783. The third-order valence-corrected chi connectivity index (χ3v) is 4.59. The Morgan fingerprint density at radius 1 is 1.29 bits per heavy atom. The van der Waals surface area contributed by atoms with E-state index in [1.165, 1.54) is 16.5 Å². The normalized spacial score (nSPS) is 17.7. The average Bonchev–Trinajstić information content (AvgIpc) is 3.16. The average molecular weight is 301 g/mol. The Balaban J connectivity index is 1.72. The van der Waals surface area contributed by atoms with E-state index in [0.29, 0.717) is 11.5 Å². The van der Waals surface area contributed by atoms with E-state index in [2.05, 4.69) is 26.9 Å². The van der Waals surface area contributed by atoms with Crippen molar-refractivity contribution >= 4 is 11.3 Å². The number of rotatable bonds is 2. The molecule has 3 aromatic rings. The first-order chi connectivity index (χ1) is 10.3. The second kappa shape index (κ2) is 5.05. The zero-order chi connectivity index (χ0) is 14.2. The van der Waals surface area contributed by atoms with Crippen molar-refractivity contribution in [3.05, 3.63) is 57.9 Å². The van der Waals surface area contributed by atoms with Gasteiger partial charge in [-0.1, -0.05) is 17.3 Å². The van der Waals surface area contributed by atoms with E-state index in [1.807, 2.05) is 0 Å². The molecule has 1 atom stereocenters. The van der Waals surface area contributed by atoms with Crippen LogP contribution in [0.4, 0.5) is 4.39 Å². The minimum absolute atomic E-state index is 0.104. The van der Waals surface area contributed by atoms with Crippen molar-refractivity contribution < 1.29 is 8.91 Å². The summed E-state index contributed by atoms with van der Waals surface area (Å²) in [5, 5.41) is 9.36. The summed E-state index contributed by atoms with van der Waals surface area (Å²) in [6.45, 7) is 0.871. The maximum atomic E-state index is 13.8. The molecule has 0 saturated heterocycles. The predicted molar refractivity (Wildman–Crippen MR) is 77.6 cm³/mol. The Hall–Kier alpha value is -2.05. The number of thiophene rings is 1. The first-order valence-electron chi connectivity index (χ1n) is 6.71. The Morgan fingerprint density at radius 2 is 2.19 bits per heavy atom. The van der Waals surface area contributed by atoms with Crippen molar-refractivity contribution in [3.63, 3.8) is 0 Å². The first kappa shape index (κ1) is 12.7. The molecule has 4 nitrogen and oxygen atoms in total. The molecular weight excluding hydrogens is 289 g/mol. The fourth-order valence-electron chi connectivity index (χ4n) is 2.58. The molecule has 0 radical (unpaired) electrons. The lowest BCUT2D eigenvalue weighted by atomic mass is 10.0. The SMILES string of the molecule is Fc1ccccc1-c1noc(C2NCCc3sccc32)n1. The summed E-state index contributed by atoms with van der Waals surface area (Å²) < 4.78 is 19.1. The lowest BCUT2D eigenvalue weighted by Crippen LogP contribution is -2.29. The molecule has 6 heteroatoms. The van der Waals surface area contributed by atoms with Crippen molar-refractivity contribution in [3.8, 4) is 11.4 Å². The van der Waals surface area contributed by atoms with E-state index >= 15 is 0 Å². The molecule has 1 aliphatic heterocycles. The zero-order valence-electron chi connectivity index (χ0n) is 11.0. The molecule has 1 unspecified atom stereocenters. The topological polar surface area (TPSA) is 51.0 Å². The van der Waals surface area contributed by atoms with Crippen LogP contribution in [0.25, 0.3) is 11.4 Å². The molecule has 4 rings (SSSR count). The highest BCUT2D eigenvalue weighted by atomic mass is 32.1. The Morgan fingerprint density at radius 3 is 3.10 bits per heavy atom. The smallest absolute Gasteiger partial charge is 0.248 e. The maximum absolute atomic E-state index is 13.8. The summed E-state index contributed by atoms with van der Waals surface area (Å²) in [5.74, 6) is 0.414. The fraction of sp³-hybridized carbons (Fsp3) is 0.200. The number of nitrogens with zero attached hydrogens (tertiary/aromatic N) is 2. The van der Waals surface area contributed by atoms with E-state index < -0.39 is 0 Å². The van der Waals surface area contributed by atoms with Crippen LogP contribution in [0.1, 0.15) is 22.4 Å². The van der Waals surface area contributed by atoms with Gasteiger partial charge in [0, 0.05) is 11.4 Å². The van der Waals surface area contributed by atoms with Crippen LogP contribution in [-0.4, -0.2) is 16.7 Å². The first-order valence-corrected chi connectivity index (χ1v) is 7.59. The molecule has 1 aliphatic rings. The predicted octanol–water partition coefficient (Wildman–Crippen LogP) is 3.17. The largest absolute Gasteiger partial charge is 0.337 e. The standard InChI is InChI=1S/C15H12FN3OS/c16-11-4-2-1-3-9(11)14-18-15(20-19-14)13-10-6-8-21-12(10)5-7-17-13/h1-4,6,8,13,17H,5,7H2. The van der Waals surface area contributed by atoms with Crippen LogP contribution in [0.2, 0.25) is 0 Å². The summed E-state index contributed by atoms with van der Waals surface area (Å²) in [4.78, 5) is 5.71. The Labute approximate surface area is 124 Å². The number of fused-ring (bicyclic) bond motifs is 1. The highest BCUT2D eigenvalue weighted by Gasteiger charge is 2.27. The third-order valence-electron chi connectivity index (χ3n) is 3.59. The molecule has 0 fully saturated rings. The van der Waals surface area contributed by atoms with Gasteiger partial charge in [-0.2, -0.15) is 4.98 Å². The van der Waals surface area contributed by atoms with Crippen LogP contribution in [0.3, 0.4) is 0 Å². The number of hydrogen-bond acceptors (Lipinski definition) is 5. The summed E-state index contributed by atoms with van der Waals surface area (Å²) in [7, 11) is 0. The van der Waals surface area contributed by atoms with E-state index in [1.54, 1.807) is 29.5 Å². The number of benzene rings is 1. The van der Waals surface area contributed by atoms with Gasteiger partial charge in [-0.25, -0.2) is 4.39 Å². The molecule has 1 aromatic carbocycles. The molecule has 2 aromatic heterocycles. The second-order valence-electron chi connectivity index (χ2n) is 4.87. The number of aromatic nitrogens is 2. The van der Waals surface area contributed by atoms with Crippen molar-refractivity contribution in [2.45, 2.75) is 12.5 Å². The maximum Gasteiger partial charge on any atom is 0.248 e. The molecule has 106 valence electrons. The van der Waals surface area contributed by atoms with Crippen molar-refractivity contribution in [2.24, 2.45) is 0 Å². The third kappa shape index (κ3) is 2.16. The highest BCUT2D eigenvalue weighted by molar-refractivity contribution is 7.10. The van der Waals surface area contributed by atoms with Crippen molar-refractivity contribution in [1.82, 2.24) is 15.5 Å². The summed E-state index contributed by atoms with van der Waals surface area (Å²) >= 11 is 1.74. The molecule has 1 N–H and O–H groups in total. The lowest BCUT2D eigenvalue weighted by molar-refractivity contribution is 0.344. The minimum atomic E-state index is -0.349. The summed E-state index contributed by atoms with van der Waals surface area (Å²) in [6, 6.07) is 8.40. The molecule has 0 spiro atoms. The van der Waals surface area contributed by atoms with Crippen molar-refractivity contribution in [1.29, 1.82) is 0 Å². The van der Waals surface area contributed by atoms with E-state index in [9.17, 15) is 4.39 Å². The van der Waals surface area contributed by atoms with Crippen LogP contribution in [0, 0.1) is 5.82 Å². The molecule has 0 bridgehead atoms. The Kier molecular flexibility index (Phi) is 3.05. The second-order valence-corrected chi connectivity index (χ2v) is 5.87. The highest BCUT2D eigenvalue weighted by Crippen LogP contribution is 2.32. The molecule has 0 saturated carbocycles. The molecule has 0 amide bonds. The van der Waals surface area contributed by atoms with Gasteiger partial charge in [-0.05, 0) is 35.6 Å². The van der Waals surface area contributed by atoms with Gasteiger partial charge in [-0.3, -0.25) is 0 Å². The van der Waals surface area contributed by atoms with Gasteiger partial charge in [0.2, 0.25) is 11.7 Å². The van der Waals surface area contributed by atoms with Crippen LogP contribution >= 0.6 is 11.3 Å². The molecule has 21 heavy (non-hydrogen) atoms. The zero-order valence-corrected chi connectivity index (χ0v) is 11.9.